The molecule has 5 nitrogen and oxygen atoms in total. The lowest BCUT2D eigenvalue weighted by Gasteiger charge is -2.26. The SMILES string of the molecule is O=C(OCC(=O)N1CCCCC1)c1cc(Cl)ccc1O. The van der Waals surface area contributed by atoms with Crippen LogP contribution in [0.4, 0.5) is 0 Å². The predicted octanol–water partition coefficient (Wildman–Crippen LogP) is 2.21. The molecule has 1 aliphatic rings. The fourth-order valence-electron chi connectivity index (χ4n) is 2.11. The number of halogens is 1. The zero-order valence-corrected chi connectivity index (χ0v) is 11.7. The van der Waals surface area contributed by atoms with Crippen molar-refractivity contribution in [2.45, 2.75) is 19.3 Å². The summed E-state index contributed by atoms with van der Waals surface area (Å²) in [6.07, 6.45) is 3.09. The molecule has 1 N–H and O–H groups in total. The van der Waals surface area contributed by atoms with E-state index in [0.717, 1.165) is 19.3 Å². The van der Waals surface area contributed by atoms with Crippen molar-refractivity contribution < 1.29 is 19.4 Å². The Balaban J connectivity index is 1.91. The quantitative estimate of drug-likeness (QED) is 0.869. The van der Waals surface area contributed by atoms with Crippen molar-refractivity contribution in [2.24, 2.45) is 0 Å². The smallest absolute Gasteiger partial charge is 0.342 e. The average molecular weight is 298 g/mol. The summed E-state index contributed by atoms with van der Waals surface area (Å²) in [5.74, 6) is -1.18. The van der Waals surface area contributed by atoms with Crippen molar-refractivity contribution in [3.05, 3.63) is 28.8 Å². The highest BCUT2D eigenvalue weighted by Gasteiger charge is 2.19. The van der Waals surface area contributed by atoms with Gasteiger partial charge < -0.3 is 14.7 Å². The van der Waals surface area contributed by atoms with E-state index in [1.807, 2.05) is 0 Å². The zero-order chi connectivity index (χ0) is 14.5. The topological polar surface area (TPSA) is 66.8 Å². The number of phenols is 1. The molecule has 1 aliphatic heterocycles. The molecule has 6 heteroatoms. The van der Waals surface area contributed by atoms with Crippen LogP contribution in [0.3, 0.4) is 0 Å². The molecule has 1 aromatic rings. The highest BCUT2D eigenvalue weighted by molar-refractivity contribution is 6.31. The summed E-state index contributed by atoms with van der Waals surface area (Å²) in [5.41, 5.74) is -0.0380. The first-order chi connectivity index (χ1) is 9.58. The minimum atomic E-state index is -0.754. The molecule has 0 bridgehead atoms. The molecule has 20 heavy (non-hydrogen) atoms. The third-order valence-corrected chi connectivity index (χ3v) is 3.45. The van der Waals surface area contributed by atoms with E-state index in [-0.39, 0.29) is 23.8 Å². The molecule has 2 rings (SSSR count). The van der Waals surface area contributed by atoms with E-state index < -0.39 is 5.97 Å². The molecule has 1 saturated heterocycles. The van der Waals surface area contributed by atoms with Crippen molar-refractivity contribution >= 4 is 23.5 Å². The molecule has 1 heterocycles. The standard InChI is InChI=1S/C14H16ClNO4/c15-10-4-5-12(17)11(8-10)14(19)20-9-13(18)16-6-2-1-3-7-16/h4-5,8,17H,1-3,6-7,9H2. The fourth-order valence-corrected chi connectivity index (χ4v) is 2.28. The van der Waals surface area contributed by atoms with Gasteiger partial charge in [0, 0.05) is 18.1 Å². The van der Waals surface area contributed by atoms with Crippen LogP contribution in [0.1, 0.15) is 29.6 Å². The van der Waals surface area contributed by atoms with E-state index in [9.17, 15) is 14.7 Å². The zero-order valence-electron chi connectivity index (χ0n) is 11.0. The van der Waals surface area contributed by atoms with Gasteiger partial charge >= 0.3 is 5.97 Å². The fraction of sp³-hybridized carbons (Fsp3) is 0.429. The van der Waals surface area contributed by atoms with Gasteiger partial charge in [-0.3, -0.25) is 4.79 Å². The van der Waals surface area contributed by atoms with Crippen molar-refractivity contribution in [1.82, 2.24) is 4.90 Å². The van der Waals surface area contributed by atoms with Gasteiger partial charge in [-0.2, -0.15) is 0 Å². The van der Waals surface area contributed by atoms with Crippen LogP contribution in [0.15, 0.2) is 18.2 Å². The maximum atomic E-state index is 11.8. The number of piperidine rings is 1. The minimum Gasteiger partial charge on any atom is -0.507 e. The Morgan fingerprint density at radius 2 is 1.95 bits per heavy atom. The number of likely N-dealkylation sites (tertiary alicyclic amines) is 1. The Morgan fingerprint density at radius 3 is 2.65 bits per heavy atom. The largest absolute Gasteiger partial charge is 0.507 e. The molecular formula is C14H16ClNO4. The van der Waals surface area contributed by atoms with Gasteiger partial charge in [0.15, 0.2) is 6.61 Å². The van der Waals surface area contributed by atoms with E-state index in [4.69, 9.17) is 16.3 Å². The number of carbonyl (C=O) groups is 2. The second-order valence-electron chi connectivity index (χ2n) is 4.68. The molecule has 0 atom stereocenters. The number of hydrogen-bond donors (Lipinski definition) is 1. The Kier molecular flexibility index (Phi) is 4.84. The number of nitrogens with zero attached hydrogens (tertiary/aromatic N) is 1. The van der Waals surface area contributed by atoms with Gasteiger partial charge in [0.2, 0.25) is 0 Å². The second-order valence-corrected chi connectivity index (χ2v) is 5.12. The van der Waals surface area contributed by atoms with Crippen molar-refractivity contribution in [3.8, 4) is 5.75 Å². The van der Waals surface area contributed by atoms with Crippen LogP contribution in [0.25, 0.3) is 0 Å². The maximum Gasteiger partial charge on any atom is 0.342 e. The summed E-state index contributed by atoms with van der Waals surface area (Å²) >= 11 is 5.75. The Hall–Kier alpha value is -1.75. The maximum absolute atomic E-state index is 11.8. The third-order valence-electron chi connectivity index (χ3n) is 3.21. The van der Waals surface area contributed by atoms with Gasteiger partial charge in [-0.15, -0.1) is 0 Å². The number of esters is 1. The number of benzene rings is 1. The predicted molar refractivity (Wildman–Crippen MR) is 73.8 cm³/mol. The van der Waals surface area contributed by atoms with Crippen LogP contribution < -0.4 is 0 Å². The molecular weight excluding hydrogens is 282 g/mol. The molecule has 1 amide bonds. The third kappa shape index (κ3) is 3.63. The van der Waals surface area contributed by atoms with Crippen LogP contribution in [-0.2, 0) is 9.53 Å². The summed E-state index contributed by atoms with van der Waals surface area (Å²) in [6, 6.07) is 4.09. The molecule has 0 spiro atoms. The number of amides is 1. The first kappa shape index (κ1) is 14.7. The first-order valence-corrected chi connectivity index (χ1v) is 6.89. The van der Waals surface area contributed by atoms with Gasteiger partial charge in [-0.25, -0.2) is 4.79 Å². The normalized spacial score (nSPS) is 14.9. The van der Waals surface area contributed by atoms with Crippen LogP contribution in [0.5, 0.6) is 5.75 Å². The van der Waals surface area contributed by atoms with E-state index in [1.54, 1.807) is 4.90 Å². The molecule has 108 valence electrons. The van der Waals surface area contributed by atoms with Crippen molar-refractivity contribution in [1.29, 1.82) is 0 Å². The number of ether oxygens (including phenoxy) is 1. The summed E-state index contributed by atoms with van der Waals surface area (Å²) in [5, 5.41) is 9.88. The number of carbonyl (C=O) groups excluding carboxylic acids is 2. The minimum absolute atomic E-state index is 0.0380. The lowest BCUT2D eigenvalue weighted by Crippen LogP contribution is -2.38. The first-order valence-electron chi connectivity index (χ1n) is 6.51. The van der Waals surface area contributed by atoms with E-state index in [2.05, 4.69) is 0 Å². The van der Waals surface area contributed by atoms with E-state index >= 15 is 0 Å². The monoisotopic (exact) mass is 297 g/mol. The van der Waals surface area contributed by atoms with Crippen molar-refractivity contribution in [2.75, 3.05) is 19.7 Å². The summed E-state index contributed by atoms with van der Waals surface area (Å²) in [4.78, 5) is 25.3. The van der Waals surface area contributed by atoms with Gasteiger partial charge in [-0.05, 0) is 37.5 Å². The summed E-state index contributed by atoms with van der Waals surface area (Å²) in [7, 11) is 0. The highest BCUT2D eigenvalue weighted by atomic mass is 35.5. The van der Waals surface area contributed by atoms with Crippen LogP contribution in [0, 0.1) is 0 Å². The van der Waals surface area contributed by atoms with Gasteiger partial charge in [0.05, 0.1) is 0 Å². The lowest BCUT2D eigenvalue weighted by molar-refractivity contribution is -0.135. The lowest BCUT2D eigenvalue weighted by atomic mass is 10.1. The van der Waals surface area contributed by atoms with Crippen LogP contribution in [-0.4, -0.2) is 41.6 Å². The van der Waals surface area contributed by atoms with Gasteiger partial charge in [0.1, 0.15) is 11.3 Å². The number of phenolic OH excluding ortho intramolecular Hbond substituents is 1. The Labute approximate surface area is 122 Å². The number of aromatic hydroxyl groups is 1. The molecule has 0 unspecified atom stereocenters. The molecule has 0 saturated carbocycles. The van der Waals surface area contributed by atoms with Crippen molar-refractivity contribution in [3.63, 3.8) is 0 Å². The van der Waals surface area contributed by atoms with E-state index in [1.165, 1.54) is 18.2 Å². The summed E-state index contributed by atoms with van der Waals surface area (Å²) < 4.78 is 4.93. The van der Waals surface area contributed by atoms with E-state index in [0.29, 0.717) is 18.1 Å². The average Bonchev–Trinajstić information content (AvgIpc) is 2.47. The van der Waals surface area contributed by atoms with Crippen LogP contribution >= 0.6 is 11.6 Å². The molecule has 0 aliphatic carbocycles. The second kappa shape index (κ2) is 6.61. The Morgan fingerprint density at radius 1 is 1.25 bits per heavy atom. The summed E-state index contributed by atoms with van der Waals surface area (Å²) in [6.45, 7) is 1.10. The molecule has 0 radical (unpaired) electrons. The Bertz CT molecular complexity index is 512. The molecule has 0 aromatic heterocycles. The number of hydrogen-bond acceptors (Lipinski definition) is 4. The van der Waals surface area contributed by atoms with Gasteiger partial charge in [0.25, 0.3) is 5.91 Å². The van der Waals surface area contributed by atoms with Crippen LogP contribution in [0.2, 0.25) is 5.02 Å². The molecule has 1 aromatic carbocycles. The number of rotatable bonds is 3. The highest BCUT2D eigenvalue weighted by Crippen LogP contribution is 2.22. The van der Waals surface area contributed by atoms with Gasteiger partial charge in [-0.1, -0.05) is 11.6 Å². The molecule has 1 fully saturated rings.